The maximum Gasteiger partial charge on any atom is 0.296 e. The molecule has 1 fully saturated rings. The van der Waals surface area contributed by atoms with Gasteiger partial charge in [0.25, 0.3) is 10.1 Å². The average molecular weight is 570 g/mol. The molecular formula is C27H27N3O7S2. The molecule has 3 aromatic rings. The SMILES string of the molecule is Cc1ccc(S(=O)(=O)NC2CCC(Nc3cc(S(=O)(=O)O)c(N)c4c3C(=O)c3ccccc3C4=O)CC2)cc1. The summed E-state index contributed by atoms with van der Waals surface area (Å²) in [5.74, 6) is -1.10. The third-order valence-corrected chi connectivity index (χ3v) is 9.65. The molecule has 0 atom stereocenters. The zero-order chi connectivity index (χ0) is 28.1. The summed E-state index contributed by atoms with van der Waals surface area (Å²) in [6, 6.07) is 13.3. The van der Waals surface area contributed by atoms with E-state index in [-0.39, 0.29) is 44.9 Å². The highest BCUT2D eigenvalue weighted by molar-refractivity contribution is 7.89. The molecule has 2 aliphatic rings. The van der Waals surface area contributed by atoms with Crippen LogP contribution in [0.15, 0.2) is 64.4 Å². The smallest absolute Gasteiger partial charge is 0.296 e. The number of fused-ring (bicyclic) bond motifs is 2. The van der Waals surface area contributed by atoms with Gasteiger partial charge in [0, 0.05) is 28.9 Å². The number of aryl methyl sites for hydroxylation is 1. The summed E-state index contributed by atoms with van der Waals surface area (Å²) in [7, 11) is -8.51. The van der Waals surface area contributed by atoms with Gasteiger partial charge in [-0.2, -0.15) is 8.42 Å². The Kier molecular flexibility index (Phi) is 6.83. The van der Waals surface area contributed by atoms with Gasteiger partial charge in [0.2, 0.25) is 10.0 Å². The first-order chi connectivity index (χ1) is 18.4. The van der Waals surface area contributed by atoms with Crippen molar-refractivity contribution in [3.05, 3.63) is 82.4 Å². The van der Waals surface area contributed by atoms with Gasteiger partial charge in [-0.1, -0.05) is 42.0 Å². The predicted molar refractivity (Wildman–Crippen MR) is 145 cm³/mol. The van der Waals surface area contributed by atoms with Crippen LogP contribution >= 0.6 is 0 Å². The van der Waals surface area contributed by atoms with Crippen LogP contribution in [0, 0.1) is 6.92 Å². The fourth-order valence-corrected chi connectivity index (χ4v) is 7.15. The fraction of sp³-hybridized carbons (Fsp3) is 0.259. The molecule has 0 spiro atoms. The third kappa shape index (κ3) is 5.08. The number of nitrogens with one attached hydrogen (secondary N) is 2. The zero-order valence-electron chi connectivity index (χ0n) is 21.0. The lowest BCUT2D eigenvalue weighted by atomic mass is 9.82. The van der Waals surface area contributed by atoms with Crippen molar-refractivity contribution in [3.63, 3.8) is 0 Å². The van der Waals surface area contributed by atoms with E-state index in [0.29, 0.717) is 25.7 Å². The molecule has 2 aliphatic carbocycles. The second-order valence-electron chi connectivity index (χ2n) is 9.89. The van der Waals surface area contributed by atoms with Gasteiger partial charge in [-0.15, -0.1) is 0 Å². The summed E-state index contributed by atoms with van der Waals surface area (Å²) in [5.41, 5.74) is 6.52. The van der Waals surface area contributed by atoms with Crippen molar-refractivity contribution in [1.82, 2.24) is 4.72 Å². The number of nitrogens with two attached hydrogens (primary N) is 1. The van der Waals surface area contributed by atoms with E-state index in [9.17, 15) is 31.0 Å². The number of nitrogen functional groups attached to an aromatic ring is 1. The van der Waals surface area contributed by atoms with Crippen molar-refractivity contribution in [2.45, 2.75) is 54.5 Å². The second-order valence-corrected chi connectivity index (χ2v) is 13.0. The molecule has 204 valence electrons. The molecule has 0 saturated heterocycles. The number of carbonyl (C=O) groups is 2. The lowest BCUT2D eigenvalue weighted by molar-refractivity contribution is 0.0980. The molecule has 10 nitrogen and oxygen atoms in total. The molecule has 0 aliphatic heterocycles. The van der Waals surface area contributed by atoms with Crippen molar-refractivity contribution < 1.29 is 31.0 Å². The monoisotopic (exact) mass is 569 g/mol. The number of hydrogen-bond donors (Lipinski definition) is 4. The Labute approximate surface area is 226 Å². The van der Waals surface area contributed by atoms with Gasteiger partial charge in [0.05, 0.1) is 21.7 Å². The standard InChI is InChI=1S/C27H27N3O7S2/c1-15-6-12-18(13-7-15)38(33,34)30-17-10-8-16(9-11-17)29-21-14-22(39(35,36)37)25(28)24-23(21)26(31)19-4-2-3-5-20(19)27(24)32/h2-7,12-14,16-17,29-30H,8-11,28H2,1H3,(H,35,36,37). The highest BCUT2D eigenvalue weighted by Gasteiger charge is 2.37. The minimum Gasteiger partial charge on any atom is -0.397 e. The van der Waals surface area contributed by atoms with E-state index in [2.05, 4.69) is 10.0 Å². The van der Waals surface area contributed by atoms with Crippen molar-refractivity contribution in [2.24, 2.45) is 0 Å². The summed E-state index contributed by atoms with van der Waals surface area (Å²) < 4.78 is 62.4. The molecule has 0 radical (unpaired) electrons. The van der Waals surface area contributed by atoms with Crippen LogP contribution < -0.4 is 15.8 Å². The molecule has 5 N–H and O–H groups in total. The van der Waals surface area contributed by atoms with Crippen molar-refractivity contribution in [2.75, 3.05) is 11.1 Å². The Bertz CT molecular complexity index is 1710. The van der Waals surface area contributed by atoms with E-state index in [1.54, 1.807) is 36.4 Å². The number of hydrogen-bond acceptors (Lipinski definition) is 8. The number of sulfonamides is 1. The number of ketones is 2. The molecule has 0 amide bonds. The molecule has 39 heavy (non-hydrogen) atoms. The van der Waals surface area contributed by atoms with Gasteiger partial charge in [-0.3, -0.25) is 14.1 Å². The van der Waals surface area contributed by atoms with Crippen LogP contribution in [-0.4, -0.2) is 45.0 Å². The number of benzene rings is 3. The van der Waals surface area contributed by atoms with Crippen LogP contribution in [0.3, 0.4) is 0 Å². The van der Waals surface area contributed by atoms with Gasteiger partial charge in [-0.05, 0) is 50.8 Å². The zero-order valence-corrected chi connectivity index (χ0v) is 22.6. The first-order valence-electron chi connectivity index (χ1n) is 12.3. The Hall–Kier alpha value is -3.58. The van der Waals surface area contributed by atoms with Crippen LogP contribution in [0.5, 0.6) is 0 Å². The van der Waals surface area contributed by atoms with Gasteiger partial charge in [0.1, 0.15) is 4.90 Å². The molecular weight excluding hydrogens is 542 g/mol. The van der Waals surface area contributed by atoms with Gasteiger partial charge < -0.3 is 11.1 Å². The number of anilines is 2. The van der Waals surface area contributed by atoms with Crippen LogP contribution in [0.2, 0.25) is 0 Å². The Morgan fingerprint density at radius 1 is 0.821 bits per heavy atom. The molecule has 12 heteroatoms. The van der Waals surface area contributed by atoms with Crippen LogP contribution in [0.1, 0.15) is 63.1 Å². The van der Waals surface area contributed by atoms with E-state index in [0.717, 1.165) is 11.6 Å². The van der Waals surface area contributed by atoms with Crippen molar-refractivity contribution >= 4 is 43.1 Å². The Morgan fingerprint density at radius 2 is 1.36 bits per heavy atom. The highest BCUT2D eigenvalue weighted by Crippen LogP contribution is 2.40. The quantitative estimate of drug-likeness (QED) is 0.201. The number of carbonyl (C=O) groups excluding carboxylic acids is 2. The van der Waals surface area contributed by atoms with Gasteiger partial charge in [0.15, 0.2) is 11.6 Å². The van der Waals surface area contributed by atoms with Crippen LogP contribution in [0.25, 0.3) is 0 Å². The van der Waals surface area contributed by atoms with Crippen LogP contribution in [-0.2, 0) is 20.1 Å². The third-order valence-electron chi connectivity index (χ3n) is 7.22. The Morgan fingerprint density at radius 3 is 1.92 bits per heavy atom. The molecule has 5 rings (SSSR count). The lowest BCUT2D eigenvalue weighted by Gasteiger charge is -2.31. The lowest BCUT2D eigenvalue weighted by Crippen LogP contribution is -2.40. The van der Waals surface area contributed by atoms with Crippen LogP contribution in [0.4, 0.5) is 11.4 Å². The van der Waals surface area contributed by atoms with Crippen molar-refractivity contribution in [1.29, 1.82) is 0 Å². The minimum atomic E-state index is -4.81. The largest absolute Gasteiger partial charge is 0.397 e. The first-order valence-corrected chi connectivity index (χ1v) is 15.3. The summed E-state index contributed by atoms with van der Waals surface area (Å²) >= 11 is 0. The maximum atomic E-state index is 13.5. The predicted octanol–water partition coefficient (Wildman–Crippen LogP) is 3.30. The summed E-state index contributed by atoms with van der Waals surface area (Å²) in [4.78, 5) is 26.3. The molecule has 0 unspecified atom stereocenters. The van der Waals surface area contributed by atoms with E-state index in [1.165, 1.54) is 12.1 Å². The van der Waals surface area contributed by atoms with Crippen molar-refractivity contribution in [3.8, 4) is 0 Å². The molecule has 0 aromatic heterocycles. The second kappa shape index (κ2) is 9.87. The van der Waals surface area contributed by atoms with E-state index in [1.807, 2.05) is 6.92 Å². The molecule has 0 heterocycles. The maximum absolute atomic E-state index is 13.5. The number of rotatable bonds is 6. The minimum absolute atomic E-state index is 0.0502. The normalized spacial score (nSPS) is 19.3. The van der Waals surface area contributed by atoms with Gasteiger partial charge in [-0.25, -0.2) is 13.1 Å². The summed E-state index contributed by atoms with van der Waals surface area (Å²) in [6.07, 6.45) is 1.97. The van der Waals surface area contributed by atoms with E-state index >= 15 is 0 Å². The van der Waals surface area contributed by atoms with Gasteiger partial charge >= 0.3 is 0 Å². The molecule has 0 bridgehead atoms. The van der Waals surface area contributed by atoms with E-state index < -0.39 is 42.3 Å². The molecule has 1 saturated carbocycles. The average Bonchev–Trinajstić information content (AvgIpc) is 2.88. The van der Waals surface area contributed by atoms with E-state index in [4.69, 9.17) is 5.73 Å². The molecule has 3 aromatic carbocycles. The summed E-state index contributed by atoms with van der Waals surface area (Å²) in [5, 5.41) is 3.17. The first kappa shape index (κ1) is 27.0. The Balaban J connectivity index is 1.41. The topological polar surface area (TPSA) is 173 Å². The highest BCUT2D eigenvalue weighted by atomic mass is 32.2. The summed E-state index contributed by atoms with van der Waals surface area (Å²) in [6.45, 7) is 1.87. The fourth-order valence-electron chi connectivity index (χ4n) is 5.20.